The lowest BCUT2D eigenvalue weighted by Crippen LogP contribution is -1.91. The van der Waals surface area contributed by atoms with Crippen LogP contribution in [0.25, 0.3) is 28.2 Å². The van der Waals surface area contributed by atoms with Crippen LogP contribution in [0, 0.1) is 0 Å². The van der Waals surface area contributed by atoms with Crippen molar-refractivity contribution in [1.82, 2.24) is 4.57 Å². The van der Waals surface area contributed by atoms with Gasteiger partial charge in [0.1, 0.15) is 0 Å². The number of pyridine rings is 1. The smallest absolute Gasteiger partial charge is 0.0540 e. The molecule has 1 aromatic rings. The molecule has 0 radical (unpaired) electrons. The number of aromatic nitrogens is 1. The summed E-state index contributed by atoms with van der Waals surface area (Å²) in [6, 6.07) is 14.8. The Balaban J connectivity index is 2.45. The van der Waals surface area contributed by atoms with Crippen molar-refractivity contribution in [3.63, 3.8) is 0 Å². The fraction of sp³-hybridized carbons (Fsp3) is 0. The lowest BCUT2D eigenvalue weighted by atomic mass is 10.1. The minimum absolute atomic E-state index is 1.19. The summed E-state index contributed by atoms with van der Waals surface area (Å²) in [5, 5.41) is 2.57. The predicted molar refractivity (Wildman–Crippen MR) is 68.5 cm³/mol. The van der Waals surface area contributed by atoms with Crippen molar-refractivity contribution in [2.24, 2.45) is 0 Å². The molecule has 76 valence electrons. The van der Waals surface area contributed by atoms with E-state index in [0.717, 1.165) is 0 Å². The van der Waals surface area contributed by atoms with E-state index in [1.807, 2.05) is 23.0 Å². The van der Waals surface area contributed by atoms with E-state index in [1.54, 1.807) is 0 Å². The SMILES string of the molecule is C=C=Cn1cccc2c3ccccc3cc1-2. The number of rotatable bonds is 1. The molecule has 1 heterocycles. The average Bonchev–Trinajstić information content (AvgIpc) is 2.69. The zero-order valence-electron chi connectivity index (χ0n) is 8.85. The van der Waals surface area contributed by atoms with Gasteiger partial charge < -0.3 is 4.57 Å². The number of benzene rings is 1. The van der Waals surface area contributed by atoms with Crippen LogP contribution in [0.2, 0.25) is 0 Å². The zero-order chi connectivity index (χ0) is 11.0. The highest BCUT2D eigenvalue weighted by atomic mass is 14.9. The first kappa shape index (κ1) is 9.02. The van der Waals surface area contributed by atoms with Crippen LogP contribution in [0.5, 0.6) is 0 Å². The summed E-state index contributed by atoms with van der Waals surface area (Å²) >= 11 is 0. The summed E-state index contributed by atoms with van der Waals surface area (Å²) < 4.78 is 2.04. The van der Waals surface area contributed by atoms with Gasteiger partial charge in [-0.15, -0.1) is 5.73 Å². The van der Waals surface area contributed by atoms with Crippen LogP contribution in [-0.2, 0) is 0 Å². The molecule has 0 spiro atoms. The molecule has 0 atom stereocenters. The number of hydrogen-bond acceptors (Lipinski definition) is 0. The molecular weight excluding hydrogens is 194 g/mol. The monoisotopic (exact) mass is 205 g/mol. The molecule has 0 unspecified atom stereocenters. The molecule has 0 saturated carbocycles. The first-order valence-corrected chi connectivity index (χ1v) is 5.24. The van der Waals surface area contributed by atoms with Crippen molar-refractivity contribution in [2.75, 3.05) is 0 Å². The molecule has 1 aliphatic heterocycles. The Kier molecular flexibility index (Phi) is 1.92. The third kappa shape index (κ3) is 1.19. The van der Waals surface area contributed by atoms with E-state index >= 15 is 0 Å². The highest BCUT2D eigenvalue weighted by Crippen LogP contribution is 2.33. The third-order valence-corrected chi connectivity index (χ3v) is 2.84. The van der Waals surface area contributed by atoms with E-state index in [2.05, 4.69) is 48.7 Å². The van der Waals surface area contributed by atoms with Crippen LogP contribution in [-0.4, -0.2) is 4.57 Å². The fourth-order valence-corrected chi connectivity index (χ4v) is 2.14. The van der Waals surface area contributed by atoms with Crippen molar-refractivity contribution < 1.29 is 0 Å². The molecule has 0 saturated heterocycles. The first-order valence-electron chi connectivity index (χ1n) is 5.24. The minimum atomic E-state index is 1.19. The van der Waals surface area contributed by atoms with E-state index in [1.165, 1.54) is 22.0 Å². The molecule has 0 amide bonds. The van der Waals surface area contributed by atoms with Crippen LogP contribution in [0.3, 0.4) is 0 Å². The number of fused-ring (bicyclic) bond motifs is 3. The van der Waals surface area contributed by atoms with Gasteiger partial charge in [-0.1, -0.05) is 36.9 Å². The van der Waals surface area contributed by atoms with Crippen molar-refractivity contribution in [1.29, 1.82) is 0 Å². The molecule has 1 nitrogen and oxygen atoms in total. The molecule has 0 fully saturated rings. The first-order chi connectivity index (χ1) is 7.90. The maximum atomic E-state index is 3.62. The minimum Gasteiger partial charge on any atom is -0.316 e. The Hall–Kier alpha value is -2.24. The summed E-state index contributed by atoms with van der Waals surface area (Å²) in [5.41, 5.74) is 5.27. The van der Waals surface area contributed by atoms with Gasteiger partial charge in [-0.25, -0.2) is 0 Å². The Morgan fingerprint density at radius 2 is 2.00 bits per heavy atom. The highest BCUT2D eigenvalue weighted by Gasteiger charge is 2.10. The van der Waals surface area contributed by atoms with Crippen molar-refractivity contribution in [3.8, 4) is 11.3 Å². The summed E-state index contributed by atoms with van der Waals surface area (Å²) in [6.07, 6.45) is 3.86. The number of hydrogen-bond donors (Lipinski definition) is 0. The van der Waals surface area contributed by atoms with Crippen molar-refractivity contribution in [3.05, 3.63) is 61.0 Å². The van der Waals surface area contributed by atoms with Crippen molar-refractivity contribution in [2.45, 2.75) is 0 Å². The van der Waals surface area contributed by atoms with E-state index < -0.39 is 0 Å². The van der Waals surface area contributed by atoms with Gasteiger partial charge in [-0.3, -0.25) is 0 Å². The quantitative estimate of drug-likeness (QED) is 0.529. The van der Waals surface area contributed by atoms with Gasteiger partial charge in [-0.05, 0) is 22.9 Å². The number of nitrogens with zero attached hydrogens (tertiary/aromatic N) is 1. The zero-order valence-corrected chi connectivity index (χ0v) is 8.85. The molecule has 0 N–H and O–H groups in total. The van der Waals surface area contributed by atoms with E-state index in [-0.39, 0.29) is 0 Å². The van der Waals surface area contributed by atoms with E-state index in [9.17, 15) is 0 Å². The standard InChI is InChI=1S/C15H11N/c1-2-9-16-10-5-8-14-13-7-4-3-6-12(13)11-15(14)16/h3-11H,1H2. The second-order valence-electron chi connectivity index (χ2n) is 3.78. The van der Waals surface area contributed by atoms with Gasteiger partial charge >= 0.3 is 0 Å². The van der Waals surface area contributed by atoms with Crippen LogP contribution in [0.15, 0.2) is 61.0 Å². The molecular formula is C15H11N. The fourth-order valence-electron chi connectivity index (χ4n) is 2.14. The topological polar surface area (TPSA) is 4.93 Å². The molecule has 0 bridgehead atoms. The molecule has 3 rings (SSSR count). The van der Waals surface area contributed by atoms with Gasteiger partial charge in [-0.2, -0.15) is 0 Å². The summed E-state index contributed by atoms with van der Waals surface area (Å²) in [7, 11) is 0. The Morgan fingerprint density at radius 3 is 2.88 bits per heavy atom. The lowest BCUT2D eigenvalue weighted by molar-refractivity contribution is 1.14. The molecule has 1 aliphatic carbocycles. The Bertz CT molecular complexity index is 669. The van der Waals surface area contributed by atoms with Crippen LogP contribution < -0.4 is 0 Å². The van der Waals surface area contributed by atoms with Gasteiger partial charge in [0.15, 0.2) is 0 Å². The molecule has 0 aromatic heterocycles. The maximum Gasteiger partial charge on any atom is 0.0540 e. The van der Waals surface area contributed by atoms with E-state index in [4.69, 9.17) is 0 Å². The Labute approximate surface area is 94.3 Å². The van der Waals surface area contributed by atoms with Crippen molar-refractivity contribution >= 4 is 17.0 Å². The van der Waals surface area contributed by atoms with Gasteiger partial charge in [0.05, 0.1) is 11.9 Å². The average molecular weight is 205 g/mol. The normalized spacial score (nSPS) is 10.5. The summed E-state index contributed by atoms with van der Waals surface area (Å²) in [6.45, 7) is 3.62. The second kappa shape index (κ2) is 3.41. The van der Waals surface area contributed by atoms with Crippen LogP contribution in [0.4, 0.5) is 0 Å². The van der Waals surface area contributed by atoms with E-state index in [0.29, 0.717) is 0 Å². The largest absolute Gasteiger partial charge is 0.316 e. The summed E-state index contributed by atoms with van der Waals surface area (Å²) in [4.78, 5) is 0. The molecule has 2 aliphatic rings. The van der Waals surface area contributed by atoms with Gasteiger partial charge in [0, 0.05) is 11.8 Å². The summed E-state index contributed by atoms with van der Waals surface area (Å²) in [5.74, 6) is 0. The Morgan fingerprint density at radius 1 is 1.12 bits per heavy atom. The lowest BCUT2D eigenvalue weighted by Gasteiger charge is -2.06. The second-order valence-corrected chi connectivity index (χ2v) is 3.78. The molecule has 16 heavy (non-hydrogen) atoms. The molecule has 1 heteroatoms. The highest BCUT2D eigenvalue weighted by molar-refractivity contribution is 6.01. The van der Waals surface area contributed by atoms with Crippen LogP contribution in [0.1, 0.15) is 0 Å². The van der Waals surface area contributed by atoms with Gasteiger partial charge in [0.2, 0.25) is 0 Å². The third-order valence-electron chi connectivity index (χ3n) is 2.84. The maximum absolute atomic E-state index is 3.62. The molecule has 1 aromatic carbocycles. The van der Waals surface area contributed by atoms with Crippen LogP contribution >= 0.6 is 0 Å². The predicted octanol–water partition coefficient (Wildman–Crippen LogP) is 4.00. The van der Waals surface area contributed by atoms with Gasteiger partial charge in [0.25, 0.3) is 0 Å².